The van der Waals surface area contributed by atoms with Crippen LogP contribution < -0.4 is 0 Å². The summed E-state index contributed by atoms with van der Waals surface area (Å²) in [5.41, 5.74) is 2.67. The molecule has 0 radical (unpaired) electrons. The molecule has 3 heterocycles. The first-order valence-corrected chi connectivity index (χ1v) is 5.50. The van der Waals surface area contributed by atoms with Crippen LogP contribution in [0.2, 0.25) is 0 Å². The lowest BCUT2D eigenvalue weighted by Crippen LogP contribution is -2.02. The Balaban J connectivity index is 2.09. The highest BCUT2D eigenvalue weighted by Gasteiger charge is 2.14. The molecule has 0 saturated carbocycles. The van der Waals surface area contributed by atoms with E-state index in [0.717, 1.165) is 5.69 Å². The molecule has 0 N–H and O–H groups in total. The van der Waals surface area contributed by atoms with Crippen molar-refractivity contribution >= 4 is 11.3 Å². The van der Waals surface area contributed by atoms with Crippen LogP contribution in [0.25, 0.3) is 5.52 Å². The lowest BCUT2D eigenvalue weighted by molar-refractivity contribution is 0.104. The van der Waals surface area contributed by atoms with Crippen LogP contribution in [-0.2, 0) is 0 Å². The van der Waals surface area contributed by atoms with Crippen molar-refractivity contribution in [1.82, 2.24) is 19.6 Å². The summed E-state index contributed by atoms with van der Waals surface area (Å²) in [6.45, 7) is 1.88. The Hall–Kier alpha value is -2.56. The zero-order valence-corrected chi connectivity index (χ0v) is 9.74. The first kappa shape index (κ1) is 10.6. The van der Waals surface area contributed by atoms with Gasteiger partial charge in [-0.3, -0.25) is 14.8 Å². The zero-order valence-electron chi connectivity index (χ0n) is 9.74. The third kappa shape index (κ3) is 1.66. The van der Waals surface area contributed by atoms with Crippen LogP contribution in [0.5, 0.6) is 0 Å². The van der Waals surface area contributed by atoms with Gasteiger partial charge in [0.1, 0.15) is 0 Å². The van der Waals surface area contributed by atoms with E-state index in [1.165, 1.54) is 0 Å². The van der Waals surface area contributed by atoms with E-state index < -0.39 is 0 Å². The highest BCUT2D eigenvalue weighted by Crippen LogP contribution is 2.14. The van der Waals surface area contributed by atoms with Gasteiger partial charge in [-0.15, -0.1) is 0 Å². The van der Waals surface area contributed by atoms with Crippen LogP contribution in [-0.4, -0.2) is 25.4 Å². The summed E-state index contributed by atoms with van der Waals surface area (Å²) < 4.78 is 1.63. The molecule has 3 aromatic heterocycles. The molecule has 3 rings (SSSR count). The summed E-state index contributed by atoms with van der Waals surface area (Å²) in [6.07, 6.45) is 8.10. The highest BCUT2D eigenvalue weighted by atomic mass is 16.1. The smallest absolute Gasteiger partial charge is 0.198 e. The van der Waals surface area contributed by atoms with Gasteiger partial charge in [0, 0.05) is 29.8 Å². The summed E-state index contributed by atoms with van der Waals surface area (Å²) in [7, 11) is 0. The fourth-order valence-corrected chi connectivity index (χ4v) is 1.77. The van der Waals surface area contributed by atoms with E-state index in [9.17, 15) is 4.79 Å². The maximum atomic E-state index is 12.3. The van der Waals surface area contributed by atoms with Crippen molar-refractivity contribution in [2.24, 2.45) is 0 Å². The van der Waals surface area contributed by atoms with Crippen molar-refractivity contribution < 1.29 is 4.79 Å². The van der Waals surface area contributed by atoms with Gasteiger partial charge >= 0.3 is 0 Å². The Bertz CT molecular complexity index is 715. The minimum absolute atomic E-state index is 0.0921. The van der Waals surface area contributed by atoms with E-state index in [1.807, 2.05) is 13.0 Å². The Morgan fingerprint density at radius 3 is 2.89 bits per heavy atom. The molecule has 0 fully saturated rings. The zero-order chi connectivity index (χ0) is 12.5. The lowest BCUT2D eigenvalue weighted by atomic mass is 10.1. The fraction of sp³-hybridized carbons (Fsp3) is 0.0769. The first-order valence-electron chi connectivity index (χ1n) is 5.50. The number of hydrogen-bond acceptors (Lipinski definition) is 4. The molecular weight excluding hydrogens is 228 g/mol. The molecule has 0 aromatic carbocycles. The molecule has 5 heteroatoms. The molecule has 5 nitrogen and oxygen atoms in total. The summed E-state index contributed by atoms with van der Waals surface area (Å²) in [4.78, 5) is 20.4. The summed E-state index contributed by atoms with van der Waals surface area (Å²) in [6, 6.07) is 3.59. The highest BCUT2D eigenvalue weighted by molar-refractivity contribution is 6.12. The van der Waals surface area contributed by atoms with E-state index in [4.69, 9.17) is 0 Å². The van der Waals surface area contributed by atoms with Crippen LogP contribution >= 0.6 is 0 Å². The number of fused-ring (bicyclic) bond motifs is 1. The molecule has 0 saturated heterocycles. The number of aryl methyl sites for hydroxylation is 1. The third-order valence-corrected chi connectivity index (χ3v) is 2.74. The maximum Gasteiger partial charge on any atom is 0.198 e. The summed E-state index contributed by atoms with van der Waals surface area (Å²) in [5.74, 6) is -0.0921. The van der Waals surface area contributed by atoms with Gasteiger partial charge in [0.15, 0.2) is 5.78 Å². The standard InChI is InChI=1S/C13H10N4O/c1-9-2-3-10(6-15-9)13(18)11-7-16-17-5-4-14-8-12(11)17/h2-8H,1H3. The van der Waals surface area contributed by atoms with E-state index in [0.29, 0.717) is 16.6 Å². The van der Waals surface area contributed by atoms with Crippen molar-refractivity contribution in [1.29, 1.82) is 0 Å². The fourth-order valence-electron chi connectivity index (χ4n) is 1.77. The van der Waals surface area contributed by atoms with Gasteiger partial charge in [0.05, 0.1) is 23.5 Å². The number of pyridine rings is 1. The SMILES string of the molecule is Cc1ccc(C(=O)c2cnn3ccncc23)cn1. The molecular formula is C13H10N4O. The predicted octanol–water partition coefficient (Wildman–Crippen LogP) is 1.66. The van der Waals surface area contributed by atoms with Crippen molar-refractivity contribution in [3.8, 4) is 0 Å². The maximum absolute atomic E-state index is 12.3. The molecule has 88 valence electrons. The number of rotatable bonds is 2. The summed E-state index contributed by atoms with van der Waals surface area (Å²) >= 11 is 0. The molecule has 0 amide bonds. The number of hydrogen-bond donors (Lipinski definition) is 0. The molecule has 0 bridgehead atoms. The largest absolute Gasteiger partial charge is 0.288 e. The molecule has 3 aromatic rings. The molecule has 18 heavy (non-hydrogen) atoms. The molecule has 0 unspecified atom stereocenters. The van der Waals surface area contributed by atoms with E-state index in [2.05, 4.69) is 15.1 Å². The Morgan fingerprint density at radius 2 is 2.11 bits per heavy atom. The first-order chi connectivity index (χ1) is 8.75. The number of carbonyl (C=O) groups excluding carboxylic acids is 1. The van der Waals surface area contributed by atoms with E-state index >= 15 is 0 Å². The number of aromatic nitrogens is 4. The minimum Gasteiger partial charge on any atom is -0.288 e. The van der Waals surface area contributed by atoms with Crippen molar-refractivity contribution in [3.63, 3.8) is 0 Å². The number of ketones is 1. The van der Waals surface area contributed by atoms with Gasteiger partial charge in [-0.1, -0.05) is 0 Å². The Morgan fingerprint density at radius 1 is 1.22 bits per heavy atom. The van der Waals surface area contributed by atoms with E-state index in [-0.39, 0.29) is 5.78 Å². The van der Waals surface area contributed by atoms with E-state index in [1.54, 1.807) is 41.6 Å². The second kappa shape index (κ2) is 4.03. The number of nitrogens with zero attached hydrogens (tertiary/aromatic N) is 4. The molecule has 0 aliphatic rings. The van der Waals surface area contributed by atoms with Crippen LogP contribution in [0.1, 0.15) is 21.6 Å². The van der Waals surface area contributed by atoms with Crippen molar-refractivity contribution in [2.75, 3.05) is 0 Å². The van der Waals surface area contributed by atoms with Gasteiger partial charge in [-0.25, -0.2) is 4.52 Å². The Labute approximate surface area is 103 Å². The topological polar surface area (TPSA) is 60.2 Å². The van der Waals surface area contributed by atoms with Gasteiger partial charge in [-0.05, 0) is 19.1 Å². The molecule has 0 spiro atoms. The van der Waals surface area contributed by atoms with Gasteiger partial charge in [-0.2, -0.15) is 5.10 Å². The lowest BCUT2D eigenvalue weighted by Gasteiger charge is -1.99. The predicted molar refractivity (Wildman–Crippen MR) is 65.4 cm³/mol. The van der Waals surface area contributed by atoms with Crippen LogP contribution in [0.15, 0.2) is 43.1 Å². The normalized spacial score (nSPS) is 10.7. The Kier molecular flexibility index (Phi) is 2.37. The van der Waals surface area contributed by atoms with Crippen LogP contribution in [0.3, 0.4) is 0 Å². The van der Waals surface area contributed by atoms with Gasteiger partial charge < -0.3 is 0 Å². The van der Waals surface area contributed by atoms with Crippen molar-refractivity contribution in [3.05, 3.63) is 59.9 Å². The molecule has 0 aliphatic heterocycles. The summed E-state index contributed by atoms with van der Waals surface area (Å²) in [5, 5.41) is 4.12. The second-order valence-electron chi connectivity index (χ2n) is 3.98. The van der Waals surface area contributed by atoms with Crippen LogP contribution in [0.4, 0.5) is 0 Å². The second-order valence-corrected chi connectivity index (χ2v) is 3.98. The minimum atomic E-state index is -0.0921. The van der Waals surface area contributed by atoms with Gasteiger partial charge in [0.25, 0.3) is 0 Å². The quantitative estimate of drug-likeness (QED) is 0.637. The number of carbonyl (C=O) groups is 1. The third-order valence-electron chi connectivity index (χ3n) is 2.74. The van der Waals surface area contributed by atoms with Crippen molar-refractivity contribution in [2.45, 2.75) is 6.92 Å². The monoisotopic (exact) mass is 238 g/mol. The molecule has 0 atom stereocenters. The average molecular weight is 238 g/mol. The molecule has 0 aliphatic carbocycles. The van der Waals surface area contributed by atoms with Crippen LogP contribution in [0, 0.1) is 6.92 Å². The average Bonchev–Trinajstić information content (AvgIpc) is 2.82. The van der Waals surface area contributed by atoms with Gasteiger partial charge in [0.2, 0.25) is 0 Å².